The van der Waals surface area contributed by atoms with Gasteiger partial charge in [0.2, 0.25) is 0 Å². The minimum absolute atomic E-state index is 0.743. The number of aromatic nitrogens is 3. The number of hydrogen-bond acceptors (Lipinski definition) is 3. The van der Waals surface area contributed by atoms with Gasteiger partial charge in [0.25, 0.3) is 0 Å². The summed E-state index contributed by atoms with van der Waals surface area (Å²) in [6.45, 7) is 0. The zero-order valence-electron chi connectivity index (χ0n) is 30.8. The van der Waals surface area contributed by atoms with E-state index in [0.29, 0.717) is 0 Å². The molecule has 0 atom stereocenters. The number of para-hydroxylation sites is 2. The molecule has 3 nitrogen and oxygen atoms in total. The summed E-state index contributed by atoms with van der Waals surface area (Å²) in [7, 11) is 0. The molecule has 266 valence electrons. The fourth-order valence-electron chi connectivity index (χ4n) is 9.53. The molecule has 0 radical (unpaired) electrons. The average Bonchev–Trinajstić information content (AvgIpc) is 3.94. The monoisotopic (exact) mass is 805 g/mol. The molecule has 1 aliphatic rings. The average molecular weight is 805 g/mol. The maximum absolute atomic E-state index is 5.92. The molecule has 0 fully saturated rings. The van der Waals surface area contributed by atoms with Crippen LogP contribution in [0.5, 0.6) is 0 Å². The third-order valence-corrected chi connectivity index (χ3v) is 23.0. The van der Waals surface area contributed by atoms with E-state index < -0.39 is 13.3 Å². The van der Waals surface area contributed by atoms with Crippen LogP contribution in [0.25, 0.3) is 81.4 Å². The Kier molecular flexibility index (Phi) is 7.28. The Labute approximate surface area is 336 Å². The number of benzene rings is 8. The van der Waals surface area contributed by atoms with Crippen molar-refractivity contribution in [2.75, 3.05) is 0 Å². The molecule has 0 unspecified atom stereocenters. The molecule has 5 heteroatoms. The normalized spacial score (nSPS) is 13.1. The van der Waals surface area contributed by atoms with Crippen LogP contribution in [0.2, 0.25) is 0 Å². The van der Waals surface area contributed by atoms with E-state index in [2.05, 4.69) is 205 Å². The summed E-state index contributed by atoms with van der Waals surface area (Å²) in [6, 6.07) is 73.1. The first kappa shape index (κ1) is 32.6. The predicted octanol–water partition coefficient (Wildman–Crippen LogP) is 10.6. The van der Waals surface area contributed by atoms with Crippen LogP contribution >= 0.6 is 11.3 Å². The van der Waals surface area contributed by atoms with Gasteiger partial charge in [0.15, 0.2) is 0 Å². The molecule has 12 rings (SSSR count). The molecular formula is C52H33GeN3S. The summed E-state index contributed by atoms with van der Waals surface area (Å²) in [5, 5.41) is 5.06. The fourth-order valence-corrected chi connectivity index (χ4v) is 21.3. The van der Waals surface area contributed by atoms with Crippen molar-refractivity contribution in [2.45, 2.75) is 0 Å². The molecule has 4 heterocycles. The van der Waals surface area contributed by atoms with Crippen molar-refractivity contribution in [3.8, 4) is 39.5 Å². The van der Waals surface area contributed by atoms with E-state index in [0.717, 1.165) is 33.9 Å². The van der Waals surface area contributed by atoms with E-state index in [1.165, 1.54) is 65.3 Å². The van der Waals surface area contributed by atoms with Crippen molar-refractivity contribution < 1.29 is 0 Å². The second-order valence-corrected chi connectivity index (χ2v) is 23.6. The van der Waals surface area contributed by atoms with Crippen molar-refractivity contribution in [2.24, 2.45) is 0 Å². The third kappa shape index (κ3) is 4.66. The Morgan fingerprint density at radius 1 is 0.456 bits per heavy atom. The Morgan fingerprint density at radius 2 is 1.05 bits per heavy atom. The van der Waals surface area contributed by atoms with Gasteiger partial charge in [-0.2, -0.15) is 0 Å². The first-order valence-corrected chi connectivity index (χ1v) is 24.4. The van der Waals surface area contributed by atoms with Crippen LogP contribution in [0, 0.1) is 0 Å². The molecule has 0 aliphatic carbocycles. The molecule has 0 saturated carbocycles. The zero-order valence-corrected chi connectivity index (χ0v) is 33.7. The third-order valence-electron chi connectivity index (χ3n) is 11.9. The molecule has 1 aliphatic heterocycles. The predicted molar refractivity (Wildman–Crippen MR) is 243 cm³/mol. The molecule has 0 amide bonds. The Hall–Kier alpha value is -6.60. The van der Waals surface area contributed by atoms with Crippen molar-refractivity contribution in [3.05, 3.63) is 200 Å². The SMILES string of the molecule is c1ccc(-c2nc(-c3ccccc3-n3c4ccccc4c4ccc5c6ccccc6sc5c43)n[c]3c2-c2cccc[c]2[Ge]3([c]2ccccc2)[c]2ccccc2)cc1. The Morgan fingerprint density at radius 3 is 1.82 bits per heavy atom. The van der Waals surface area contributed by atoms with Gasteiger partial charge < -0.3 is 0 Å². The summed E-state index contributed by atoms with van der Waals surface area (Å²) >= 11 is -1.85. The van der Waals surface area contributed by atoms with E-state index in [4.69, 9.17) is 9.97 Å². The number of hydrogen-bond donors (Lipinski definition) is 0. The number of fused-ring (bicyclic) bond motifs is 10. The van der Waals surface area contributed by atoms with Gasteiger partial charge in [-0.25, -0.2) is 0 Å². The molecule has 8 aromatic carbocycles. The molecule has 11 aromatic rings. The summed E-state index contributed by atoms with van der Waals surface area (Å²) in [4.78, 5) is 11.6. The van der Waals surface area contributed by atoms with Crippen molar-refractivity contribution in [1.29, 1.82) is 0 Å². The van der Waals surface area contributed by atoms with Crippen LogP contribution in [0.3, 0.4) is 0 Å². The molecular weight excluding hydrogens is 771 g/mol. The van der Waals surface area contributed by atoms with Crippen LogP contribution in [0.15, 0.2) is 200 Å². The molecule has 0 N–H and O–H groups in total. The minimum atomic E-state index is -3.73. The second kappa shape index (κ2) is 12.7. The van der Waals surface area contributed by atoms with Crippen LogP contribution in [-0.4, -0.2) is 27.8 Å². The molecule has 0 saturated heterocycles. The Balaban J connectivity index is 1.22. The molecule has 3 aromatic heterocycles. The topological polar surface area (TPSA) is 30.7 Å². The first-order valence-electron chi connectivity index (χ1n) is 19.4. The van der Waals surface area contributed by atoms with E-state index in [9.17, 15) is 0 Å². The van der Waals surface area contributed by atoms with Crippen LogP contribution in [0.1, 0.15) is 0 Å². The van der Waals surface area contributed by atoms with Crippen molar-refractivity contribution >= 4 is 84.3 Å². The summed E-state index contributed by atoms with van der Waals surface area (Å²) < 4.78 is 10.4. The Bertz CT molecular complexity index is 3310. The van der Waals surface area contributed by atoms with Gasteiger partial charge in [-0.05, 0) is 0 Å². The molecule has 57 heavy (non-hydrogen) atoms. The van der Waals surface area contributed by atoms with Crippen molar-refractivity contribution in [3.63, 3.8) is 0 Å². The number of nitrogens with zero attached hydrogens (tertiary/aromatic N) is 3. The van der Waals surface area contributed by atoms with E-state index in [-0.39, 0.29) is 0 Å². The maximum atomic E-state index is 5.92. The summed E-state index contributed by atoms with van der Waals surface area (Å²) in [5.74, 6) is 0.743. The van der Waals surface area contributed by atoms with E-state index in [1.807, 2.05) is 11.3 Å². The number of rotatable bonds is 5. The fraction of sp³-hybridized carbons (Fsp3) is 0. The van der Waals surface area contributed by atoms with Gasteiger partial charge in [-0.3, -0.25) is 0 Å². The summed E-state index contributed by atoms with van der Waals surface area (Å²) in [6.07, 6.45) is 0. The quantitative estimate of drug-likeness (QED) is 0.162. The first-order chi connectivity index (χ1) is 28.3. The molecule has 0 spiro atoms. The van der Waals surface area contributed by atoms with Crippen molar-refractivity contribution in [1.82, 2.24) is 14.5 Å². The van der Waals surface area contributed by atoms with Crippen LogP contribution < -0.4 is 17.7 Å². The van der Waals surface area contributed by atoms with Crippen LogP contribution in [0.4, 0.5) is 0 Å². The van der Waals surface area contributed by atoms with Gasteiger partial charge in [0.1, 0.15) is 0 Å². The zero-order chi connectivity index (χ0) is 37.5. The van der Waals surface area contributed by atoms with Gasteiger partial charge in [-0.15, -0.1) is 0 Å². The number of thiophene rings is 1. The van der Waals surface area contributed by atoms with Gasteiger partial charge in [-0.1, -0.05) is 0 Å². The van der Waals surface area contributed by atoms with Gasteiger partial charge >= 0.3 is 338 Å². The van der Waals surface area contributed by atoms with E-state index in [1.54, 1.807) is 0 Å². The van der Waals surface area contributed by atoms with Gasteiger partial charge in [0, 0.05) is 0 Å². The summed E-state index contributed by atoms with van der Waals surface area (Å²) in [5.41, 5.74) is 8.94. The molecule has 0 bridgehead atoms. The second-order valence-electron chi connectivity index (χ2n) is 14.8. The van der Waals surface area contributed by atoms with Gasteiger partial charge in [0.05, 0.1) is 0 Å². The van der Waals surface area contributed by atoms with E-state index >= 15 is 0 Å². The standard InChI is InChI=1S/C52H33GeN3S/c1-4-18-34(19-5-1)48-47-41-26-10-14-28-43(41)53(35-20-6-2-7-21-35,36-22-8-3-9-23-36)51(47)55-52(54-48)42-27-12-16-30-45(42)56-44-29-15-11-24-37(44)39-32-33-40-38-25-13-17-31-46(38)57-50(40)49(39)56/h1-33H. The van der Waals surface area contributed by atoms with Crippen LogP contribution in [-0.2, 0) is 0 Å².